The van der Waals surface area contributed by atoms with Gasteiger partial charge in [0.05, 0.1) is 42.9 Å². The van der Waals surface area contributed by atoms with Crippen LogP contribution in [0.1, 0.15) is 76.0 Å². The smallest absolute Gasteiger partial charge is 0.315 e. The summed E-state index contributed by atoms with van der Waals surface area (Å²) in [6.07, 6.45) is 12.8. The number of benzene rings is 1. The fourth-order valence-electron chi connectivity index (χ4n) is 7.99. The maximum Gasteiger partial charge on any atom is 0.315 e. The monoisotopic (exact) mass is 682 g/mol. The summed E-state index contributed by atoms with van der Waals surface area (Å²) in [5.41, 5.74) is -0.803. The van der Waals surface area contributed by atoms with Crippen LogP contribution in [0.25, 0.3) is 0 Å². The van der Waals surface area contributed by atoms with Gasteiger partial charge in [0.1, 0.15) is 12.0 Å². The van der Waals surface area contributed by atoms with Gasteiger partial charge in [-0.2, -0.15) is 0 Å². The summed E-state index contributed by atoms with van der Waals surface area (Å²) < 4.78 is 16.5. The van der Waals surface area contributed by atoms with Crippen molar-refractivity contribution in [3.8, 4) is 5.75 Å². The van der Waals surface area contributed by atoms with Gasteiger partial charge in [-0.05, 0) is 89.0 Å². The van der Waals surface area contributed by atoms with E-state index in [1.807, 2.05) is 31.4 Å². The highest BCUT2D eigenvalue weighted by atomic mass is 35.5. The average molecular weight is 683 g/mol. The zero-order chi connectivity index (χ0) is 34.9. The van der Waals surface area contributed by atoms with Crippen molar-refractivity contribution in [2.75, 3.05) is 40.9 Å². The van der Waals surface area contributed by atoms with Crippen LogP contribution >= 0.6 is 11.6 Å². The van der Waals surface area contributed by atoms with Crippen molar-refractivity contribution in [3.05, 3.63) is 52.6 Å². The molecule has 0 saturated heterocycles. The number of amides is 1. The second-order valence-electron chi connectivity index (χ2n) is 14.5. The lowest BCUT2D eigenvalue weighted by molar-refractivity contribution is -0.163. The van der Waals surface area contributed by atoms with E-state index >= 15 is 0 Å². The fraction of sp³-hybridized carbons (Fsp3) is 0.595. The summed E-state index contributed by atoms with van der Waals surface area (Å²) in [4.78, 5) is 70.0. The molecule has 48 heavy (non-hydrogen) atoms. The number of esters is 3. The van der Waals surface area contributed by atoms with Gasteiger partial charge in [-0.25, -0.2) is 0 Å². The highest BCUT2D eigenvalue weighted by Gasteiger charge is 2.51. The Bertz CT molecular complexity index is 1520. The Labute approximate surface area is 287 Å². The second kappa shape index (κ2) is 14.2. The van der Waals surface area contributed by atoms with Gasteiger partial charge in [0.25, 0.3) is 0 Å². The summed E-state index contributed by atoms with van der Waals surface area (Å²) in [6, 6.07) is 2.78. The molecule has 260 valence electrons. The number of carbonyl (C=O) groups is 5. The molecule has 5 rings (SSSR count). The number of nitrogens with zero attached hydrogens (tertiary/aromatic N) is 2. The summed E-state index contributed by atoms with van der Waals surface area (Å²) in [5.74, 6) is -2.82. The number of allylic oxidation sites excluding steroid dienone is 4. The van der Waals surface area contributed by atoms with Crippen molar-refractivity contribution in [1.82, 2.24) is 9.80 Å². The van der Waals surface area contributed by atoms with Gasteiger partial charge in [-0.3, -0.25) is 19.2 Å². The van der Waals surface area contributed by atoms with Gasteiger partial charge in [-0.1, -0.05) is 35.9 Å². The summed E-state index contributed by atoms with van der Waals surface area (Å²) >= 11 is 6.81. The number of carbonyl (C=O) groups excluding carboxylic acids is 5. The Balaban J connectivity index is 1.54. The number of hydrogen-bond acceptors (Lipinski definition) is 9. The molecule has 0 unspecified atom stereocenters. The number of hydrogen-bond donors (Lipinski definition) is 0. The summed E-state index contributed by atoms with van der Waals surface area (Å²) in [7, 11) is 4.62. The largest absolute Gasteiger partial charge is 0.469 e. The summed E-state index contributed by atoms with van der Waals surface area (Å²) in [6.45, 7) is 4.89. The molecule has 11 heteroatoms. The maximum atomic E-state index is 14.7. The lowest BCUT2D eigenvalue weighted by atomic mass is 9.69. The van der Waals surface area contributed by atoms with Crippen LogP contribution in [0.5, 0.6) is 5.75 Å². The van der Waals surface area contributed by atoms with E-state index in [0.29, 0.717) is 68.7 Å². The lowest BCUT2D eigenvalue weighted by Crippen LogP contribution is -2.52. The van der Waals surface area contributed by atoms with E-state index in [-0.39, 0.29) is 17.1 Å². The predicted molar refractivity (Wildman–Crippen MR) is 179 cm³/mol. The first-order valence-corrected chi connectivity index (χ1v) is 17.1. The highest BCUT2D eigenvalue weighted by Crippen LogP contribution is 2.50. The van der Waals surface area contributed by atoms with Crippen LogP contribution in [0.3, 0.4) is 0 Å². The van der Waals surface area contributed by atoms with E-state index in [4.69, 9.17) is 25.8 Å². The third-order valence-corrected chi connectivity index (χ3v) is 11.6. The first-order chi connectivity index (χ1) is 22.8. The van der Waals surface area contributed by atoms with Crippen molar-refractivity contribution in [2.24, 2.45) is 28.1 Å². The SMILES string of the molecule is COC(=O)[C@@]1(C)CC=CC[C@H]1C(=O)Oc1ccc(Cl)c2c1[C@@H](CN(C)CC1(CC=O)CC1)N(C(=O)[C@@H]1CC=CC[C@]1(C)C(=O)OC)CC2. The predicted octanol–water partition coefficient (Wildman–Crippen LogP) is 5.26. The number of aldehydes is 1. The van der Waals surface area contributed by atoms with Crippen LogP contribution in [-0.2, 0) is 39.9 Å². The van der Waals surface area contributed by atoms with Crippen molar-refractivity contribution >= 4 is 41.7 Å². The number of rotatable bonds is 11. The van der Waals surface area contributed by atoms with Gasteiger partial charge in [0, 0.05) is 36.6 Å². The van der Waals surface area contributed by atoms with Crippen LogP contribution in [0.2, 0.25) is 5.02 Å². The highest BCUT2D eigenvalue weighted by molar-refractivity contribution is 6.31. The third-order valence-electron chi connectivity index (χ3n) is 11.2. The molecule has 10 nitrogen and oxygen atoms in total. The van der Waals surface area contributed by atoms with E-state index in [1.54, 1.807) is 30.9 Å². The van der Waals surface area contributed by atoms with Crippen LogP contribution < -0.4 is 4.74 Å². The van der Waals surface area contributed by atoms with Gasteiger partial charge in [0.2, 0.25) is 5.91 Å². The van der Waals surface area contributed by atoms with E-state index in [1.165, 1.54) is 14.2 Å². The molecule has 1 aromatic carbocycles. The molecule has 0 bridgehead atoms. The Morgan fingerprint density at radius 3 is 2.15 bits per heavy atom. The van der Waals surface area contributed by atoms with Crippen molar-refractivity contribution in [1.29, 1.82) is 0 Å². The Morgan fingerprint density at radius 2 is 1.56 bits per heavy atom. The fourth-order valence-corrected chi connectivity index (χ4v) is 8.25. The minimum atomic E-state index is -1.10. The molecule has 1 saturated carbocycles. The third kappa shape index (κ3) is 6.70. The molecule has 5 atom stereocenters. The van der Waals surface area contributed by atoms with Crippen molar-refractivity contribution in [3.63, 3.8) is 0 Å². The molecule has 1 amide bonds. The molecule has 0 radical (unpaired) electrons. The molecular weight excluding hydrogens is 636 g/mol. The normalized spacial score (nSPS) is 28.7. The minimum Gasteiger partial charge on any atom is -0.469 e. The standard InChI is InChI=1S/C37H47ClN2O8/c1-35(33(44)46-4)15-8-6-10-25(35)31(42)40-20-14-24-27(38)12-13-29(30(24)28(40)22-39(3)23-37(17-18-37)19-21-41)48-32(43)26-11-7-9-16-36(26,2)34(45)47-5/h6-9,12-13,21,25-26,28H,10-11,14-20,22-23H2,1-5H3/t25-,26-,28+,35-,36-/m0/s1. The van der Waals surface area contributed by atoms with Crippen LogP contribution in [0.15, 0.2) is 36.4 Å². The molecule has 0 aromatic heterocycles. The van der Waals surface area contributed by atoms with Crippen LogP contribution in [0, 0.1) is 28.1 Å². The second-order valence-corrected chi connectivity index (χ2v) is 14.9. The molecule has 0 spiro atoms. The van der Waals surface area contributed by atoms with E-state index in [0.717, 1.165) is 24.7 Å². The Morgan fingerprint density at radius 1 is 0.958 bits per heavy atom. The molecular formula is C37H47ClN2O8. The Hall–Kier alpha value is -3.50. The average Bonchev–Trinajstić information content (AvgIpc) is 3.83. The van der Waals surface area contributed by atoms with E-state index in [9.17, 15) is 24.0 Å². The molecule has 1 fully saturated rings. The topological polar surface area (TPSA) is 120 Å². The molecule has 1 aromatic rings. The zero-order valence-corrected chi connectivity index (χ0v) is 29.3. The minimum absolute atomic E-state index is 0.0864. The first-order valence-electron chi connectivity index (χ1n) is 16.8. The number of fused-ring (bicyclic) bond motifs is 1. The Kier molecular flexibility index (Phi) is 10.6. The zero-order valence-electron chi connectivity index (χ0n) is 28.6. The van der Waals surface area contributed by atoms with E-state index < -0.39 is 46.6 Å². The van der Waals surface area contributed by atoms with Gasteiger partial charge >= 0.3 is 17.9 Å². The van der Waals surface area contributed by atoms with Crippen LogP contribution in [0.4, 0.5) is 0 Å². The molecule has 0 N–H and O–H groups in total. The molecule has 3 aliphatic carbocycles. The number of likely N-dealkylation sites (N-methyl/N-ethyl adjacent to an activating group) is 1. The number of ether oxygens (including phenoxy) is 3. The first kappa shape index (κ1) is 35.8. The van der Waals surface area contributed by atoms with Crippen molar-refractivity contribution < 1.29 is 38.2 Å². The molecule has 1 heterocycles. The molecule has 4 aliphatic rings. The quantitative estimate of drug-likeness (QED) is 0.133. The van der Waals surface area contributed by atoms with Crippen LogP contribution in [-0.4, -0.2) is 80.8 Å². The number of halogens is 1. The maximum absolute atomic E-state index is 14.7. The van der Waals surface area contributed by atoms with Gasteiger partial charge in [0.15, 0.2) is 0 Å². The number of methoxy groups -OCH3 is 2. The van der Waals surface area contributed by atoms with Gasteiger partial charge in [-0.15, -0.1) is 0 Å². The summed E-state index contributed by atoms with van der Waals surface area (Å²) in [5, 5.41) is 0.504. The van der Waals surface area contributed by atoms with E-state index in [2.05, 4.69) is 4.90 Å². The van der Waals surface area contributed by atoms with Crippen molar-refractivity contribution in [2.45, 2.75) is 71.3 Å². The lowest BCUT2D eigenvalue weighted by Gasteiger charge is -2.45. The van der Waals surface area contributed by atoms with Gasteiger partial charge < -0.3 is 28.8 Å². The molecule has 1 aliphatic heterocycles.